The molecule has 102 valence electrons. The maximum absolute atomic E-state index is 10.7. The lowest BCUT2D eigenvalue weighted by atomic mass is 9.71. The highest BCUT2D eigenvalue weighted by Gasteiger charge is 2.44. The van der Waals surface area contributed by atoms with Crippen LogP contribution >= 0.6 is 11.6 Å². The fourth-order valence-corrected chi connectivity index (χ4v) is 2.60. The molecule has 1 fully saturated rings. The number of hydrogen-bond acceptors (Lipinski definition) is 5. The first kappa shape index (κ1) is 13.7. The van der Waals surface area contributed by atoms with Crippen LogP contribution in [-0.4, -0.2) is 25.4 Å². The zero-order valence-corrected chi connectivity index (χ0v) is 11.5. The lowest BCUT2D eigenvalue weighted by Gasteiger charge is -2.38. The molecule has 19 heavy (non-hydrogen) atoms. The van der Waals surface area contributed by atoms with Crippen LogP contribution in [0, 0.1) is 0 Å². The van der Waals surface area contributed by atoms with Crippen molar-refractivity contribution in [1.29, 1.82) is 0 Å². The highest BCUT2D eigenvalue weighted by molar-refractivity contribution is 6.32. The number of hydrogen-bond donors (Lipinski definition) is 1. The van der Waals surface area contributed by atoms with Gasteiger partial charge >= 0.3 is 0 Å². The fraction of sp³-hybridized carbons (Fsp3) is 0.462. The fourth-order valence-electron chi connectivity index (χ4n) is 2.40. The first-order valence-corrected chi connectivity index (χ1v) is 6.20. The Bertz CT molecular complexity index is 548. The number of phenolic OH excluding ortho intramolecular Hbond substituents is 1. The molecule has 0 aromatic heterocycles. The van der Waals surface area contributed by atoms with Crippen LogP contribution in [0.2, 0.25) is 5.02 Å². The van der Waals surface area contributed by atoms with E-state index >= 15 is 0 Å². The topological polar surface area (TPSA) is 68.1 Å². The number of isocyanates is 1. The van der Waals surface area contributed by atoms with Gasteiger partial charge in [0.1, 0.15) is 11.3 Å². The molecule has 0 unspecified atom stereocenters. The average Bonchev–Trinajstić information content (AvgIpc) is 2.37. The molecule has 0 amide bonds. The minimum atomic E-state index is -0.810. The van der Waals surface area contributed by atoms with Gasteiger partial charge in [0.15, 0.2) is 11.5 Å². The number of methoxy groups -OCH3 is 2. The van der Waals surface area contributed by atoms with Crippen LogP contribution in [0.15, 0.2) is 11.1 Å². The van der Waals surface area contributed by atoms with Gasteiger partial charge in [0, 0.05) is 6.07 Å². The molecule has 0 heterocycles. The third-order valence-electron chi connectivity index (χ3n) is 3.50. The lowest BCUT2D eigenvalue weighted by molar-refractivity contribution is 0.234. The summed E-state index contributed by atoms with van der Waals surface area (Å²) in [5.74, 6) is 0.619. The second-order valence-electron chi connectivity index (χ2n) is 4.41. The monoisotopic (exact) mass is 283 g/mol. The zero-order chi connectivity index (χ0) is 14.0. The third-order valence-corrected chi connectivity index (χ3v) is 3.79. The van der Waals surface area contributed by atoms with Crippen LogP contribution < -0.4 is 9.47 Å². The molecule has 1 aliphatic rings. The quantitative estimate of drug-likeness (QED) is 0.681. The van der Waals surface area contributed by atoms with Gasteiger partial charge in [-0.1, -0.05) is 11.6 Å². The van der Waals surface area contributed by atoms with Crippen LogP contribution in [0.25, 0.3) is 0 Å². The molecule has 1 aliphatic carbocycles. The summed E-state index contributed by atoms with van der Waals surface area (Å²) in [6, 6.07) is 1.47. The highest BCUT2D eigenvalue weighted by Crippen LogP contribution is 2.55. The van der Waals surface area contributed by atoms with Crippen molar-refractivity contribution in [1.82, 2.24) is 0 Å². The van der Waals surface area contributed by atoms with Crippen molar-refractivity contribution >= 4 is 17.7 Å². The molecule has 0 aliphatic heterocycles. The Morgan fingerprint density at radius 2 is 2.11 bits per heavy atom. The van der Waals surface area contributed by atoms with Crippen LogP contribution in [-0.2, 0) is 10.3 Å². The molecular formula is C13H14ClNO4. The molecule has 0 saturated heterocycles. The van der Waals surface area contributed by atoms with E-state index in [1.165, 1.54) is 20.3 Å². The first-order chi connectivity index (χ1) is 9.09. The minimum Gasteiger partial charge on any atom is -0.506 e. The Kier molecular flexibility index (Phi) is 3.69. The molecule has 5 nitrogen and oxygen atoms in total. The number of benzene rings is 1. The normalized spacial score (nSPS) is 16.2. The van der Waals surface area contributed by atoms with E-state index in [1.807, 2.05) is 0 Å². The molecule has 1 aromatic carbocycles. The number of nitrogens with zero attached hydrogens (tertiary/aromatic N) is 1. The summed E-state index contributed by atoms with van der Waals surface area (Å²) in [6.07, 6.45) is 3.74. The Morgan fingerprint density at radius 3 is 2.53 bits per heavy atom. The van der Waals surface area contributed by atoms with E-state index in [9.17, 15) is 9.90 Å². The summed E-state index contributed by atoms with van der Waals surface area (Å²) < 4.78 is 10.5. The van der Waals surface area contributed by atoms with E-state index in [2.05, 4.69) is 4.99 Å². The number of phenols is 1. The van der Waals surface area contributed by atoms with Crippen molar-refractivity contribution < 1.29 is 19.4 Å². The summed E-state index contributed by atoms with van der Waals surface area (Å²) in [5.41, 5.74) is -0.413. The number of aromatic hydroxyl groups is 1. The standard InChI is InChI=1S/C13H14ClNO4/c1-18-9-6-8(14)11(17)10(12(9)19-2)13(15-7-16)4-3-5-13/h6,17H,3-5H2,1-2H3. The van der Waals surface area contributed by atoms with Crippen molar-refractivity contribution in [3.63, 3.8) is 0 Å². The van der Waals surface area contributed by atoms with Crippen molar-refractivity contribution in [2.24, 2.45) is 4.99 Å². The summed E-state index contributed by atoms with van der Waals surface area (Å²) in [7, 11) is 2.94. The Hall–Kier alpha value is -1.71. The number of ether oxygens (including phenoxy) is 2. The van der Waals surface area contributed by atoms with E-state index in [4.69, 9.17) is 21.1 Å². The third kappa shape index (κ3) is 2.05. The molecule has 0 atom stereocenters. The van der Waals surface area contributed by atoms with Crippen LogP contribution in [0.1, 0.15) is 24.8 Å². The number of rotatable bonds is 4. The number of carbonyl (C=O) groups excluding carboxylic acids is 1. The van der Waals surface area contributed by atoms with Gasteiger partial charge < -0.3 is 14.6 Å². The summed E-state index contributed by atoms with van der Waals surface area (Å²) in [4.78, 5) is 14.5. The van der Waals surface area contributed by atoms with Crippen molar-refractivity contribution in [2.75, 3.05) is 14.2 Å². The average molecular weight is 284 g/mol. The van der Waals surface area contributed by atoms with Gasteiger partial charge in [-0.3, -0.25) is 0 Å². The molecule has 0 bridgehead atoms. The molecule has 0 spiro atoms. The van der Waals surface area contributed by atoms with E-state index in [0.717, 1.165) is 6.42 Å². The Labute approximate surface area is 115 Å². The zero-order valence-electron chi connectivity index (χ0n) is 10.7. The van der Waals surface area contributed by atoms with Gasteiger partial charge in [-0.2, -0.15) is 4.99 Å². The predicted molar refractivity (Wildman–Crippen MR) is 69.9 cm³/mol. The minimum absolute atomic E-state index is 0.127. The maximum atomic E-state index is 10.7. The second kappa shape index (κ2) is 5.11. The molecule has 0 radical (unpaired) electrons. The molecule has 1 aromatic rings. The predicted octanol–water partition coefficient (Wildman–Crippen LogP) is 2.78. The van der Waals surface area contributed by atoms with Gasteiger partial charge in [0.05, 0.1) is 24.8 Å². The molecule has 2 rings (SSSR count). The van der Waals surface area contributed by atoms with Crippen molar-refractivity contribution in [3.05, 3.63) is 16.7 Å². The van der Waals surface area contributed by atoms with E-state index in [1.54, 1.807) is 6.08 Å². The maximum Gasteiger partial charge on any atom is 0.235 e. The summed E-state index contributed by atoms with van der Waals surface area (Å²) >= 11 is 5.99. The smallest absolute Gasteiger partial charge is 0.235 e. The van der Waals surface area contributed by atoms with Crippen molar-refractivity contribution in [2.45, 2.75) is 24.8 Å². The first-order valence-electron chi connectivity index (χ1n) is 5.82. The van der Waals surface area contributed by atoms with E-state index in [-0.39, 0.29) is 10.8 Å². The van der Waals surface area contributed by atoms with Crippen molar-refractivity contribution in [3.8, 4) is 17.2 Å². The molecule has 1 N–H and O–H groups in total. The van der Waals surface area contributed by atoms with E-state index < -0.39 is 5.54 Å². The number of aliphatic imine (C=N–C) groups is 1. The molecule has 6 heteroatoms. The highest BCUT2D eigenvalue weighted by atomic mass is 35.5. The van der Waals surface area contributed by atoms with Gasteiger partial charge in [-0.15, -0.1) is 0 Å². The molecular weight excluding hydrogens is 270 g/mol. The molecule has 1 saturated carbocycles. The second-order valence-corrected chi connectivity index (χ2v) is 4.81. The number of halogens is 1. The van der Waals surface area contributed by atoms with E-state index in [0.29, 0.717) is 29.9 Å². The van der Waals surface area contributed by atoms with Gasteiger partial charge in [-0.25, -0.2) is 4.79 Å². The van der Waals surface area contributed by atoms with Gasteiger partial charge in [0.2, 0.25) is 6.08 Å². The summed E-state index contributed by atoms with van der Waals surface area (Å²) in [6.45, 7) is 0. The van der Waals surface area contributed by atoms with Crippen LogP contribution in [0.3, 0.4) is 0 Å². The van der Waals surface area contributed by atoms with Gasteiger partial charge in [0.25, 0.3) is 0 Å². The largest absolute Gasteiger partial charge is 0.506 e. The SMILES string of the molecule is COc1cc(Cl)c(O)c(C2(N=C=O)CCC2)c1OC. The van der Waals surface area contributed by atoms with Crippen LogP contribution in [0.5, 0.6) is 17.2 Å². The lowest BCUT2D eigenvalue weighted by Crippen LogP contribution is -2.32. The Morgan fingerprint density at radius 1 is 1.42 bits per heavy atom. The van der Waals surface area contributed by atoms with Crippen LogP contribution in [0.4, 0.5) is 0 Å². The summed E-state index contributed by atoms with van der Waals surface area (Å²) in [5, 5.41) is 10.3. The Balaban J connectivity index is 2.73. The van der Waals surface area contributed by atoms with Gasteiger partial charge in [-0.05, 0) is 19.3 Å².